The number of nitrogens with one attached hydrogen (secondary N) is 2. The van der Waals surface area contributed by atoms with Gasteiger partial charge in [-0.25, -0.2) is 16.8 Å². The number of halogens is 3. The Bertz CT molecular complexity index is 1000. The van der Waals surface area contributed by atoms with E-state index in [1.165, 1.54) is 13.8 Å². The van der Waals surface area contributed by atoms with Crippen molar-refractivity contribution in [1.29, 1.82) is 0 Å². The summed E-state index contributed by atoms with van der Waals surface area (Å²) in [4.78, 5) is 24.3. The van der Waals surface area contributed by atoms with E-state index in [1.54, 1.807) is 0 Å². The van der Waals surface area contributed by atoms with Crippen molar-refractivity contribution < 1.29 is 44.3 Å². The van der Waals surface area contributed by atoms with E-state index in [0.717, 1.165) is 24.5 Å². The highest BCUT2D eigenvalue weighted by Crippen LogP contribution is 2.35. The van der Waals surface area contributed by atoms with Crippen LogP contribution in [-0.2, 0) is 34.4 Å². The van der Waals surface area contributed by atoms with Gasteiger partial charge in [0.15, 0.2) is 5.92 Å². The molecule has 0 aliphatic rings. The second-order valence-corrected chi connectivity index (χ2v) is 9.83. The average Bonchev–Trinajstić information content (AvgIpc) is 2.45. The first-order valence-corrected chi connectivity index (χ1v) is 11.6. The molecule has 164 valence electrons. The zero-order chi connectivity index (χ0) is 22.8. The molecule has 9 nitrogen and oxygen atoms in total. The van der Waals surface area contributed by atoms with Gasteiger partial charge in [-0.2, -0.15) is 13.2 Å². The van der Waals surface area contributed by atoms with Crippen LogP contribution in [0.4, 0.5) is 24.5 Å². The van der Waals surface area contributed by atoms with E-state index in [9.17, 15) is 39.6 Å². The quantitative estimate of drug-likeness (QED) is 0.444. The van der Waals surface area contributed by atoms with Crippen LogP contribution in [0.5, 0.6) is 0 Å². The van der Waals surface area contributed by atoms with Crippen molar-refractivity contribution in [1.82, 2.24) is 0 Å². The minimum Gasteiger partial charge on any atom is -0.462 e. The van der Waals surface area contributed by atoms with Gasteiger partial charge >= 0.3 is 12.1 Å². The van der Waals surface area contributed by atoms with E-state index >= 15 is 0 Å². The lowest BCUT2D eigenvalue weighted by Crippen LogP contribution is -2.36. The zero-order valence-corrected chi connectivity index (χ0v) is 17.3. The number of hydrogen-bond acceptors (Lipinski definition) is 7. The Hall–Kier alpha value is -2.35. The summed E-state index contributed by atoms with van der Waals surface area (Å²) < 4.78 is 93.9. The highest BCUT2D eigenvalue weighted by Gasteiger charge is 2.48. The monoisotopic (exact) mass is 460 g/mol. The predicted octanol–water partition coefficient (Wildman–Crippen LogP) is 1.60. The van der Waals surface area contributed by atoms with E-state index in [1.807, 2.05) is 9.44 Å². The summed E-state index contributed by atoms with van der Waals surface area (Å²) in [5, 5.41) is 0. The van der Waals surface area contributed by atoms with Gasteiger partial charge in [-0.3, -0.25) is 19.0 Å². The minimum absolute atomic E-state index is 0.293. The maximum absolute atomic E-state index is 13.1. The third kappa shape index (κ3) is 7.89. The predicted molar refractivity (Wildman–Crippen MR) is 98.4 cm³/mol. The molecular weight excluding hydrogens is 441 g/mol. The Labute approximate surface area is 165 Å². The van der Waals surface area contributed by atoms with Crippen LogP contribution >= 0.6 is 0 Å². The van der Waals surface area contributed by atoms with Gasteiger partial charge in [0.1, 0.15) is 0 Å². The van der Waals surface area contributed by atoms with Gasteiger partial charge in [-0.05, 0) is 32.0 Å². The molecule has 0 amide bonds. The summed E-state index contributed by atoms with van der Waals surface area (Å²) in [6.45, 7) is 2.68. The zero-order valence-electron chi connectivity index (χ0n) is 15.7. The first-order valence-electron chi connectivity index (χ1n) is 7.82. The van der Waals surface area contributed by atoms with Gasteiger partial charge in [0, 0.05) is 11.3 Å². The van der Waals surface area contributed by atoms with E-state index in [2.05, 4.69) is 0 Å². The standard InChI is InChI=1S/C15H19F3N2O7S2/c1-8(2)27-14(22)12(13(21)15(16,17)18)10-7-9(19-28(3,23)24)5-6-11(10)20-29(4,25)26/h5-8,12,19-20H,1-4H3/t12-/m1/s1. The Morgan fingerprint density at radius 1 is 1.00 bits per heavy atom. The molecule has 1 aromatic carbocycles. The summed E-state index contributed by atoms with van der Waals surface area (Å²) in [6, 6.07) is 2.72. The van der Waals surface area contributed by atoms with Crippen LogP contribution in [0.25, 0.3) is 0 Å². The molecule has 2 N–H and O–H groups in total. The average molecular weight is 460 g/mol. The second kappa shape index (κ2) is 8.57. The van der Waals surface area contributed by atoms with Crippen molar-refractivity contribution in [3.63, 3.8) is 0 Å². The summed E-state index contributed by atoms with van der Waals surface area (Å²) in [5.74, 6) is -6.66. The summed E-state index contributed by atoms with van der Waals surface area (Å²) >= 11 is 0. The number of Topliss-reactive ketones (excluding diaryl/α,β-unsaturated/α-hetero) is 1. The number of benzene rings is 1. The molecule has 0 bridgehead atoms. The lowest BCUT2D eigenvalue weighted by atomic mass is 9.92. The van der Waals surface area contributed by atoms with Crippen LogP contribution in [0, 0.1) is 0 Å². The number of alkyl halides is 3. The molecular formula is C15H19F3N2O7S2. The molecule has 0 radical (unpaired) electrons. The molecule has 0 aliphatic carbocycles. The lowest BCUT2D eigenvalue weighted by Gasteiger charge is -2.22. The van der Waals surface area contributed by atoms with Crippen LogP contribution in [0.15, 0.2) is 18.2 Å². The summed E-state index contributed by atoms with van der Waals surface area (Å²) in [7, 11) is -7.89. The van der Waals surface area contributed by atoms with Crippen LogP contribution < -0.4 is 9.44 Å². The van der Waals surface area contributed by atoms with Gasteiger partial charge in [0.05, 0.1) is 24.3 Å². The lowest BCUT2D eigenvalue weighted by molar-refractivity contribution is -0.178. The number of carbonyl (C=O) groups excluding carboxylic acids is 2. The third-order valence-electron chi connectivity index (χ3n) is 3.09. The van der Waals surface area contributed by atoms with E-state index in [0.29, 0.717) is 6.26 Å². The molecule has 0 fully saturated rings. The van der Waals surface area contributed by atoms with Gasteiger partial charge in [0.2, 0.25) is 20.0 Å². The van der Waals surface area contributed by atoms with Gasteiger partial charge in [-0.1, -0.05) is 0 Å². The Morgan fingerprint density at radius 2 is 1.52 bits per heavy atom. The van der Waals surface area contributed by atoms with Crippen LogP contribution in [0.3, 0.4) is 0 Å². The van der Waals surface area contributed by atoms with Crippen LogP contribution in [0.1, 0.15) is 25.3 Å². The number of ether oxygens (including phenoxy) is 1. The van der Waals surface area contributed by atoms with Crippen molar-refractivity contribution in [2.24, 2.45) is 0 Å². The molecule has 1 rings (SSSR count). The SMILES string of the molecule is CC(C)OC(=O)[C@@H](C(=O)C(F)(F)F)c1cc(NS(C)(=O)=O)ccc1NS(C)(=O)=O. The fourth-order valence-corrected chi connectivity index (χ4v) is 3.35. The molecule has 1 atom stereocenters. The van der Waals surface area contributed by atoms with Gasteiger partial charge in [0.25, 0.3) is 5.78 Å². The number of sulfonamides is 2. The van der Waals surface area contributed by atoms with Crippen LogP contribution in [-0.4, -0.2) is 53.4 Å². The van der Waals surface area contributed by atoms with Crippen molar-refractivity contribution in [2.45, 2.75) is 32.0 Å². The highest BCUT2D eigenvalue weighted by atomic mass is 32.2. The number of anilines is 2. The Kier molecular flexibility index (Phi) is 7.29. The molecule has 0 heterocycles. The van der Waals surface area contributed by atoms with Crippen molar-refractivity contribution in [3.8, 4) is 0 Å². The normalized spacial score (nSPS) is 13.7. The molecule has 14 heteroatoms. The topological polar surface area (TPSA) is 136 Å². The molecule has 0 aromatic heterocycles. The molecule has 0 unspecified atom stereocenters. The third-order valence-corrected chi connectivity index (χ3v) is 4.29. The number of ketones is 1. The number of carbonyl (C=O) groups is 2. The molecule has 0 saturated carbocycles. The fourth-order valence-electron chi connectivity index (χ4n) is 2.21. The van der Waals surface area contributed by atoms with E-state index in [-0.39, 0.29) is 5.69 Å². The smallest absolute Gasteiger partial charge is 0.451 e. The number of hydrogen-bond donors (Lipinski definition) is 2. The van der Waals surface area contributed by atoms with Crippen molar-refractivity contribution >= 4 is 43.2 Å². The van der Waals surface area contributed by atoms with Crippen LogP contribution in [0.2, 0.25) is 0 Å². The van der Waals surface area contributed by atoms with Gasteiger partial charge in [-0.15, -0.1) is 0 Å². The maximum atomic E-state index is 13.1. The maximum Gasteiger partial charge on any atom is 0.451 e. The molecule has 0 aliphatic heterocycles. The first-order chi connectivity index (χ1) is 12.9. The number of rotatable bonds is 8. The Balaban J connectivity index is 3.73. The molecule has 1 aromatic rings. The Morgan fingerprint density at radius 3 is 1.93 bits per heavy atom. The summed E-state index contributed by atoms with van der Waals surface area (Å²) in [5.41, 5.74) is -1.54. The second-order valence-electron chi connectivity index (χ2n) is 6.33. The first kappa shape index (κ1) is 24.7. The number of esters is 1. The fraction of sp³-hybridized carbons (Fsp3) is 0.467. The molecule has 29 heavy (non-hydrogen) atoms. The highest BCUT2D eigenvalue weighted by molar-refractivity contribution is 7.92. The van der Waals surface area contributed by atoms with E-state index in [4.69, 9.17) is 4.74 Å². The van der Waals surface area contributed by atoms with Crippen molar-refractivity contribution in [3.05, 3.63) is 23.8 Å². The van der Waals surface area contributed by atoms with Crippen molar-refractivity contribution in [2.75, 3.05) is 22.0 Å². The van der Waals surface area contributed by atoms with Gasteiger partial charge < -0.3 is 4.74 Å². The molecule has 0 saturated heterocycles. The minimum atomic E-state index is -5.46. The van der Waals surface area contributed by atoms with E-state index < -0.39 is 61.2 Å². The largest absolute Gasteiger partial charge is 0.462 e. The summed E-state index contributed by atoms with van der Waals surface area (Å²) in [6.07, 6.45) is -4.87. The molecule has 0 spiro atoms.